The van der Waals surface area contributed by atoms with Crippen LogP contribution in [-0.2, 0) is 4.79 Å². The summed E-state index contributed by atoms with van der Waals surface area (Å²) >= 11 is 6.16. The molecule has 0 aromatic heterocycles. The second-order valence-electron chi connectivity index (χ2n) is 7.41. The molecule has 2 aromatic carbocycles. The highest BCUT2D eigenvalue weighted by atomic mass is 35.5. The zero-order valence-electron chi connectivity index (χ0n) is 15.6. The number of nitrogens with zero attached hydrogens (tertiary/aromatic N) is 2. The molecule has 1 N–H and O–H groups in total. The van der Waals surface area contributed by atoms with Crippen molar-refractivity contribution in [2.75, 3.05) is 42.6 Å². The van der Waals surface area contributed by atoms with Crippen LogP contribution in [-0.4, -0.2) is 44.5 Å². The third-order valence-electron chi connectivity index (χ3n) is 5.49. The lowest BCUT2D eigenvalue weighted by atomic mass is 10.1. The van der Waals surface area contributed by atoms with Crippen LogP contribution in [0.2, 0.25) is 5.02 Å². The molecule has 2 heterocycles. The number of rotatable bonds is 3. The Bertz CT molecular complexity index is 920. The summed E-state index contributed by atoms with van der Waals surface area (Å²) < 4.78 is 0. The minimum Gasteiger partial charge on any atom is -0.360 e. The van der Waals surface area contributed by atoms with Gasteiger partial charge in [0.25, 0.3) is 5.78 Å². The number of amides is 1. The van der Waals surface area contributed by atoms with Crippen molar-refractivity contribution in [3.05, 3.63) is 58.1 Å². The van der Waals surface area contributed by atoms with E-state index in [9.17, 15) is 9.59 Å². The van der Waals surface area contributed by atoms with Crippen molar-refractivity contribution in [1.29, 1.82) is 0 Å². The van der Waals surface area contributed by atoms with Crippen molar-refractivity contribution in [3.8, 4) is 0 Å². The Labute approximate surface area is 164 Å². The van der Waals surface area contributed by atoms with Crippen molar-refractivity contribution in [1.82, 2.24) is 0 Å². The Kier molecular flexibility index (Phi) is 4.66. The minimum atomic E-state index is -0.406. The van der Waals surface area contributed by atoms with E-state index < -0.39 is 5.91 Å². The number of benzene rings is 2. The van der Waals surface area contributed by atoms with Crippen LogP contribution >= 0.6 is 11.6 Å². The van der Waals surface area contributed by atoms with E-state index in [1.54, 1.807) is 4.90 Å². The molecule has 0 saturated carbocycles. The molecular weight excluding hydrogens is 362 g/mol. The lowest BCUT2D eigenvalue weighted by molar-refractivity contribution is -0.899. The number of hydrogen-bond acceptors (Lipinski definition) is 3. The molecule has 0 unspecified atom stereocenters. The minimum absolute atomic E-state index is 0.388. The number of halogens is 1. The molecule has 140 valence electrons. The molecule has 27 heavy (non-hydrogen) atoms. The summed E-state index contributed by atoms with van der Waals surface area (Å²) in [5.74, 6) is -0.794. The van der Waals surface area contributed by atoms with Gasteiger partial charge in [-0.2, -0.15) is 0 Å². The molecule has 5 nitrogen and oxygen atoms in total. The van der Waals surface area contributed by atoms with Gasteiger partial charge in [-0.1, -0.05) is 29.3 Å². The Hall–Kier alpha value is -2.37. The SMILES string of the molecule is Cc1ccc2c(c1)C(=O)C(=O)N2C[NH+]1CCN(c2cc(Cl)ccc2C)CC1. The van der Waals surface area contributed by atoms with E-state index in [1.807, 2.05) is 43.3 Å². The molecule has 1 fully saturated rings. The average molecular weight is 385 g/mol. The molecule has 0 spiro atoms. The molecule has 1 amide bonds. The molecule has 2 aliphatic rings. The van der Waals surface area contributed by atoms with E-state index in [2.05, 4.69) is 11.8 Å². The molecule has 6 heteroatoms. The van der Waals surface area contributed by atoms with Crippen molar-refractivity contribution in [2.24, 2.45) is 0 Å². The summed E-state index contributed by atoms with van der Waals surface area (Å²) in [5.41, 5.74) is 4.67. The maximum atomic E-state index is 12.5. The Morgan fingerprint density at radius 1 is 1.00 bits per heavy atom. The maximum Gasteiger partial charge on any atom is 0.303 e. The van der Waals surface area contributed by atoms with Crippen LogP contribution in [0.1, 0.15) is 21.5 Å². The summed E-state index contributed by atoms with van der Waals surface area (Å²) in [6, 6.07) is 11.6. The first-order valence-corrected chi connectivity index (χ1v) is 9.63. The molecule has 0 bridgehead atoms. The van der Waals surface area contributed by atoms with E-state index >= 15 is 0 Å². The summed E-state index contributed by atoms with van der Waals surface area (Å²) in [4.78, 5) is 30.0. The predicted octanol–water partition coefficient (Wildman–Crippen LogP) is 1.85. The monoisotopic (exact) mass is 384 g/mol. The van der Waals surface area contributed by atoms with Gasteiger partial charge in [-0.15, -0.1) is 0 Å². The molecule has 0 atom stereocenters. The van der Waals surface area contributed by atoms with E-state index in [0.717, 1.165) is 42.5 Å². The molecule has 4 rings (SSSR count). The summed E-state index contributed by atoms with van der Waals surface area (Å²) in [6.45, 7) is 8.17. The number of hydrogen-bond donors (Lipinski definition) is 1. The van der Waals surface area contributed by atoms with Gasteiger partial charge in [-0.3, -0.25) is 14.5 Å². The third kappa shape index (κ3) is 3.33. The van der Waals surface area contributed by atoms with Crippen LogP contribution < -0.4 is 14.7 Å². The fourth-order valence-electron chi connectivity index (χ4n) is 3.94. The number of piperazine rings is 1. The first-order chi connectivity index (χ1) is 12.9. The van der Waals surface area contributed by atoms with Gasteiger partial charge in [0, 0.05) is 10.7 Å². The van der Waals surface area contributed by atoms with Crippen LogP contribution in [0.3, 0.4) is 0 Å². The molecule has 0 aliphatic carbocycles. The first-order valence-electron chi connectivity index (χ1n) is 9.25. The summed E-state index contributed by atoms with van der Waals surface area (Å²) in [6.07, 6.45) is 0. The number of Topliss-reactive ketones (excluding diaryl/α,β-unsaturated/α-hetero) is 1. The maximum absolute atomic E-state index is 12.5. The fraction of sp³-hybridized carbons (Fsp3) is 0.333. The van der Waals surface area contributed by atoms with E-state index in [0.29, 0.717) is 12.2 Å². The van der Waals surface area contributed by atoms with Gasteiger partial charge in [0.15, 0.2) is 6.67 Å². The predicted molar refractivity (Wildman–Crippen MR) is 107 cm³/mol. The van der Waals surface area contributed by atoms with Gasteiger partial charge in [0.05, 0.1) is 37.4 Å². The lowest BCUT2D eigenvalue weighted by Gasteiger charge is -2.35. The number of aryl methyl sites for hydroxylation is 2. The van der Waals surface area contributed by atoms with Crippen LogP contribution in [0.4, 0.5) is 11.4 Å². The van der Waals surface area contributed by atoms with E-state index in [1.165, 1.54) is 16.2 Å². The van der Waals surface area contributed by atoms with Crippen molar-refractivity contribution >= 4 is 34.7 Å². The Morgan fingerprint density at radius 3 is 2.48 bits per heavy atom. The van der Waals surface area contributed by atoms with Gasteiger partial charge in [0.2, 0.25) is 0 Å². The second-order valence-corrected chi connectivity index (χ2v) is 7.85. The zero-order valence-corrected chi connectivity index (χ0v) is 16.3. The lowest BCUT2D eigenvalue weighted by Crippen LogP contribution is -3.16. The quantitative estimate of drug-likeness (QED) is 0.821. The van der Waals surface area contributed by atoms with Crippen LogP contribution in [0.25, 0.3) is 0 Å². The highest BCUT2D eigenvalue weighted by molar-refractivity contribution is 6.52. The summed E-state index contributed by atoms with van der Waals surface area (Å²) in [5, 5.41) is 0.749. The fourth-order valence-corrected chi connectivity index (χ4v) is 4.11. The van der Waals surface area contributed by atoms with Crippen LogP contribution in [0.15, 0.2) is 36.4 Å². The van der Waals surface area contributed by atoms with Gasteiger partial charge in [0.1, 0.15) is 0 Å². The third-order valence-corrected chi connectivity index (χ3v) is 5.73. The van der Waals surface area contributed by atoms with Gasteiger partial charge < -0.3 is 9.80 Å². The largest absolute Gasteiger partial charge is 0.360 e. The highest BCUT2D eigenvalue weighted by Gasteiger charge is 2.38. The number of quaternary nitrogens is 1. The zero-order chi connectivity index (χ0) is 19.1. The normalized spacial score (nSPS) is 17.6. The number of nitrogens with one attached hydrogen (secondary N) is 1. The number of fused-ring (bicyclic) bond motifs is 1. The standard InChI is InChI=1S/C21H22ClN3O2/c1-14-3-6-18-17(11-14)20(26)21(27)25(18)13-23-7-9-24(10-8-23)19-12-16(22)5-4-15(19)2/h3-6,11-12H,7-10,13H2,1-2H3/p+1. The number of carbonyl (C=O) groups excluding carboxylic acids is 2. The number of anilines is 2. The topological polar surface area (TPSA) is 45.1 Å². The van der Waals surface area contributed by atoms with Crippen molar-refractivity contribution in [2.45, 2.75) is 13.8 Å². The number of carbonyl (C=O) groups is 2. The second kappa shape index (κ2) is 6.98. The first kappa shape index (κ1) is 18.0. The van der Waals surface area contributed by atoms with Crippen molar-refractivity contribution < 1.29 is 14.5 Å². The molecular formula is C21H23ClN3O2+. The van der Waals surface area contributed by atoms with Gasteiger partial charge in [-0.05, 0) is 43.7 Å². The van der Waals surface area contributed by atoms with E-state index in [-0.39, 0.29) is 5.78 Å². The highest BCUT2D eigenvalue weighted by Crippen LogP contribution is 2.29. The van der Waals surface area contributed by atoms with Gasteiger partial charge >= 0.3 is 5.91 Å². The van der Waals surface area contributed by atoms with E-state index in [4.69, 9.17) is 11.6 Å². The Morgan fingerprint density at radius 2 is 1.74 bits per heavy atom. The Balaban J connectivity index is 1.45. The van der Waals surface area contributed by atoms with Crippen LogP contribution in [0, 0.1) is 13.8 Å². The summed E-state index contributed by atoms with van der Waals surface area (Å²) in [7, 11) is 0. The number of ketones is 1. The molecule has 2 aromatic rings. The molecule has 2 aliphatic heterocycles. The van der Waals surface area contributed by atoms with Crippen LogP contribution in [0.5, 0.6) is 0 Å². The molecule has 0 radical (unpaired) electrons. The van der Waals surface area contributed by atoms with Crippen molar-refractivity contribution in [3.63, 3.8) is 0 Å². The smallest absolute Gasteiger partial charge is 0.303 e. The average Bonchev–Trinajstić information content (AvgIpc) is 2.89. The molecule has 1 saturated heterocycles. The van der Waals surface area contributed by atoms with Gasteiger partial charge in [-0.25, -0.2) is 0 Å².